The van der Waals surface area contributed by atoms with E-state index in [1.807, 2.05) is 12.1 Å². The van der Waals surface area contributed by atoms with Crippen LogP contribution < -0.4 is 0 Å². The molecule has 3 fully saturated rings. The lowest BCUT2D eigenvalue weighted by Crippen LogP contribution is -2.47. The fourth-order valence-corrected chi connectivity index (χ4v) is 3.03. The monoisotopic (exact) mass is 298 g/mol. The van der Waals surface area contributed by atoms with Gasteiger partial charge in [0.2, 0.25) is 0 Å². The summed E-state index contributed by atoms with van der Waals surface area (Å²) in [6.45, 7) is 3.81. The molecule has 102 valence electrons. The first kappa shape index (κ1) is 13.2. The average molecular weight is 299 g/mol. The Bertz CT molecular complexity index is 496. The molecule has 0 atom stereocenters. The van der Waals surface area contributed by atoms with E-state index in [0.717, 1.165) is 12.1 Å². The van der Waals surface area contributed by atoms with Crippen molar-refractivity contribution in [1.29, 1.82) is 0 Å². The first-order valence-electron chi connectivity index (χ1n) is 6.57. The number of oxime groups is 1. The van der Waals surface area contributed by atoms with Crippen molar-refractivity contribution in [3.8, 4) is 0 Å². The van der Waals surface area contributed by atoms with Crippen LogP contribution in [0.1, 0.15) is 18.4 Å². The van der Waals surface area contributed by atoms with E-state index in [9.17, 15) is 0 Å². The Labute approximate surface area is 123 Å². The quantitative estimate of drug-likeness (QED) is 0.797. The molecule has 0 radical (unpaired) electrons. The highest BCUT2D eigenvalue weighted by atomic mass is 35.5. The van der Waals surface area contributed by atoms with Crippen molar-refractivity contribution in [2.45, 2.75) is 19.4 Å². The summed E-state index contributed by atoms with van der Waals surface area (Å²) in [5, 5.41) is 5.43. The molecule has 3 saturated heterocycles. The Balaban J connectivity index is 1.59. The Hall–Kier alpha value is -0.770. The standard InChI is InChI=1S/C14H16Cl2N2O/c15-12-2-1-10(7-13(12)16)9-19-17-14-8-18-5-3-11(14)4-6-18/h1-2,7,11H,3-6,8-9H2. The van der Waals surface area contributed by atoms with E-state index in [1.54, 1.807) is 6.07 Å². The fraction of sp³-hybridized carbons (Fsp3) is 0.500. The van der Waals surface area contributed by atoms with E-state index >= 15 is 0 Å². The van der Waals surface area contributed by atoms with Crippen LogP contribution in [-0.2, 0) is 11.4 Å². The molecule has 5 heteroatoms. The van der Waals surface area contributed by atoms with Crippen LogP contribution in [0.25, 0.3) is 0 Å². The lowest BCUT2D eigenvalue weighted by atomic mass is 9.87. The first-order valence-corrected chi connectivity index (χ1v) is 7.33. The number of hydrogen-bond acceptors (Lipinski definition) is 3. The van der Waals surface area contributed by atoms with Crippen LogP contribution in [0.4, 0.5) is 0 Å². The third-order valence-corrected chi connectivity index (χ3v) is 4.58. The summed E-state index contributed by atoms with van der Waals surface area (Å²) >= 11 is 11.8. The molecular formula is C14H16Cl2N2O. The van der Waals surface area contributed by atoms with Gasteiger partial charge in [0, 0.05) is 12.5 Å². The Morgan fingerprint density at radius 1 is 1.21 bits per heavy atom. The summed E-state index contributed by atoms with van der Waals surface area (Å²) in [5.74, 6) is 0.624. The van der Waals surface area contributed by atoms with Crippen LogP contribution >= 0.6 is 23.2 Å². The highest BCUT2D eigenvalue weighted by Gasteiger charge is 2.31. The van der Waals surface area contributed by atoms with Crippen LogP contribution in [0.15, 0.2) is 23.4 Å². The summed E-state index contributed by atoms with van der Waals surface area (Å²) in [6, 6.07) is 5.51. The van der Waals surface area contributed by atoms with Crippen LogP contribution in [-0.4, -0.2) is 30.2 Å². The molecular weight excluding hydrogens is 283 g/mol. The highest BCUT2D eigenvalue weighted by Crippen LogP contribution is 2.26. The predicted octanol–water partition coefficient (Wildman–Crippen LogP) is 3.59. The summed E-state index contributed by atoms with van der Waals surface area (Å²) in [6.07, 6.45) is 2.43. The van der Waals surface area contributed by atoms with E-state index in [1.165, 1.54) is 31.6 Å². The molecule has 0 N–H and O–H groups in total. The van der Waals surface area contributed by atoms with Gasteiger partial charge in [-0.25, -0.2) is 0 Å². The van der Waals surface area contributed by atoms with Crippen molar-refractivity contribution in [2.24, 2.45) is 11.1 Å². The number of hydrogen-bond donors (Lipinski definition) is 0. The molecule has 3 nitrogen and oxygen atoms in total. The van der Waals surface area contributed by atoms with Crippen molar-refractivity contribution in [3.63, 3.8) is 0 Å². The molecule has 2 bridgehead atoms. The second-order valence-electron chi connectivity index (χ2n) is 5.15. The van der Waals surface area contributed by atoms with Gasteiger partial charge < -0.3 is 4.84 Å². The zero-order valence-corrected chi connectivity index (χ0v) is 12.1. The van der Waals surface area contributed by atoms with Crippen molar-refractivity contribution in [1.82, 2.24) is 4.90 Å². The van der Waals surface area contributed by atoms with E-state index in [2.05, 4.69) is 10.1 Å². The van der Waals surface area contributed by atoms with Gasteiger partial charge in [-0.05, 0) is 43.6 Å². The van der Waals surface area contributed by atoms with Gasteiger partial charge >= 0.3 is 0 Å². The van der Waals surface area contributed by atoms with Gasteiger partial charge in [-0.2, -0.15) is 0 Å². The maximum Gasteiger partial charge on any atom is 0.142 e. The number of nitrogens with zero attached hydrogens (tertiary/aromatic N) is 2. The molecule has 0 saturated carbocycles. The maximum atomic E-state index is 5.96. The Kier molecular flexibility index (Phi) is 3.96. The fourth-order valence-electron chi connectivity index (χ4n) is 2.71. The molecule has 3 aliphatic rings. The minimum absolute atomic E-state index is 0.438. The van der Waals surface area contributed by atoms with Crippen molar-refractivity contribution < 1.29 is 4.84 Å². The molecule has 0 aliphatic carbocycles. The van der Waals surface area contributed by atoms with Gasteiger partial charge in [0.05, 0.1) is 15.8 Å². The van der Waals surface area contributed by atoms with Gasteiger partial charge in [0.1, 0.15) is 6.61 Å². The number of halogens is 2. The molecule has 4 rings (SSSR count). The molecule has 3 heterocycles. The Morgan fingerprint density at radius 3 is 2.63 bits per heavy atom. The summed E-state index contributed by atoms with van der Waals surface area (Å²) in [7, 11) is 0. The zero-order chi connectivity index (χ0) is 13.2. The van der Waals surface area contributed by atoms with E-state index in [4.69, 9.17) is 28.0 Å². The van der Waals surface area contributed by atoms with E-state index in [0.29, 0.717) is 22.6 Å². The Morgan fingerprint density at radius 2 is 2.00 bits per heavy atom. The van der Waals surface area contributed by atoms with Gasteiger partial charge in [-0.1, -0.05) is 34.4 Å². The predicted molar refractivity (Wildman–Crippen MR) is 77.9 cm³/mol. The summed E-state index contributed by atoms with van der Waals surface area (Å²) in [5.41, 5.74) is 2.18. The van der Waals surface area contributed by atoms with Gasteiger partial charge in [0.25, 0.3) is 0 Å². The molecule has 0 amide bonds. The largest absolute Gasteiger partial charge is 0.391 e. The summed E-state index contributed by atoms with van der Waals surface area (Å²) < 4.78 is 0. The number of rotatable bonds is 3. The molecule has 1 aromatic carbocycles. The van der Waals surface area contributed by atoms with E-state index in [-0.39, 0.29) is 0 Å². The number of benzene rings is 1. The molecule has 1 aromatic rings. The second kappa shape index (κ2) is 5.70. The molecule has 3 aliphatic heterocycles. The van der Waals surface area contributed by atoms with Crippen molar-refractivity contribution in [3.05, 3.63) is 33.8 Å². The number of fused-ring (bicyclic) bond motifs is 3. The van der Waals surface area contributed by atoms with Crippen LogP contribution in [0, 0.1) is 5.92 Å². The van der Waals surface area contributed by atoms with Gasteiger partial charge in [0.15, 0.2) is 0 Å². The second-order valence-corrected chi connectivity index (χ2v) is 5.97. The molecule has 0 spiro atoms. The summed E-state index contributed by atoms with van der Waals surface area (Å²) in [4.78, 5) is 7.90. The average Bonchev–Trinajstić information content (AvgIpc) is 2.44. The first-order chi connectivity index (χ1) is 9.22. The zero-order valence-electron chi connectivity index (χ0n) is 10.6. The van der Waals surface area contributed by atoms with E-state index < -0.39 is 0 Å². The SMILES string of the molecule is Clc1ccc(CON=C2CN3CCC2CC3)cc1Cl. The molecule has 0 aromatic heterocycles. The minimum Gasteiger partial charge on any atom is -0.391 e. The minimum atomic E-state index is 0.438. The van der Waals surface area contributed by atoms with Crippen molar-refractivity contribution in [2.75, 3.05) is 19.6 Å². The molecule has 0 unspecified atom stereocenters. The lowest BCUT2D eigenvalue weighted by Gasteiger charge is -2.39. The van der Waals surface area contributed by atoms with Crippen LogP contribution in [0.2, 0.25) is 10.0 Å². The molecule has 19 heavy (non-hydrogen) atoms. The topological polar surface area (TPSA) is 24.8 Å². The van der Waals surface area contributed by atoms with Crippen LogP contribution in [0.3, 0.4) is 0 Å². The van der Waals surface area contributed by atoms with Crippen LogP contribution in [0.5, 0.6) is 0 Å². The smallest absolute Gasteiger partial charge is 0.142 e. The normalized spacial score (nSPS) is 27.8. The van der Waals surface area contributed by atoms with Gasteiger partial charge in [-0.3, -0.25) is 4.90 Å². The lowest BCUT2D eigenvalue weighted by molar-refractivity contribution is 0.118. The maximum absolute atomic E-state index is 5.96. The third kappa shape index (κ3) is 3.04. The number of piperidine rings is 3. The third-order valence-electron chi connectivity index (χ3n) is 3.84. The highest BCUT2D eigenvalue weighted by molar-refractivity contribution is 6.42. The van der Waals surface area contributed by atoms with Crippen molar-refractivity contribution >= 4 is 28.9 Å². The van der Waals surface area contributed by atoms with Gasteiger partial charge in [-0.15, -0.1) is 0 Å².